The summed E-state index contributed by atoms with van der Waals surface area (Å²) in [6.45, 7) is 2.11. The topological polar surface area (TPSA) is 20.3 Å². The van der Waals surface area contributed by atoms with Crippen LogP contribution in [0.25, 0.3) is 0 Å². The molecule has 98 valence electrons. The molecule has 1 aromatic rings. The Labute approximate surface area is 108 Å². The zero-order chi connectivity index (χ0) is 13.1. The summed E-state index contributed by atoms with van der Waals surface area (Å²) in [4.78, 5) is 13.9. The minimum Gasteiger partial charge on any atom is -0.343 e. The average molecular weight is 249 g/mol. The van der Waals surface area contributed by atoms with Crippen molar-refractivity contribution < 1.29 is 9.18 Å². The van der Waals surface area contributed by atoms with Crippen LogP contribution in [0.3, 0.4) is 0 Å². The van der Waals surface area contributed by atoms with Crippen LogP contribution in [0.15, 0.2) is 24.3 Å². The molecule has 0 heterocycles. The molecule has 0 radical (unpaired) electrons. The molecule has 1 aromatic carbocycles. The molecular weight excluding hydrogens is 229 g/mol. The van der Waals surface area contributed by atoms with Crippen molar-refractivity contribution in [3.05, 3.63) is 35.6 Å². The molecular formula is C15H20FNO. The van der Waals surface area contributed by atoms with E-state index in [1.165, 1.54) is 25.0 Å². The fourth-order valence-corrected chi connectivity index (χ4v) is 2.24. The van der Waals surface area contributed by atoms with Gasteiger partial charge in [-0.25, -0.2) is 4.39 Å². The van der Waals surface area contributed by atoms with Crippen LogP contribution in [0.5, 0.6) is 0 Å². The Morgan fingerprint density at radius 3 is 2.83 bits per heavy atom. The van der Waals surface area contributed by atoms with Gasteiger partial charge in [0.1, 0.15) is 5.82 Å². The minimum atomic E-state index is -0.236. The van der Waals surface area contributed by atoms with Crippen LogP contribution in [0.2, 0.25) is 0 Å². The minimum absolute atomic E-state index is 0.152. The van der Waals surface area contributed by atoms with Crippen molar-refractivity contribution >= 4 is 5.91 Å². The highest BCUT2D eigenvalue weighted by Gasteiger charge is 2.32. The number of nitrogens with zero attached hydrogens (tertiary/aromatic N) is 1. The lowest BCUT2D eigenvalue weighted by Crippen LogP contribution is -2.36. The van der Waals surface area contributed by atoms with Crippen molar-refractivity contribution in [3.8, 4) is 0 Å². The molecule has 0 unspecified atom stereocenters. The van der Waals surface area contributed by atoms with Crippen molar-refractivity contribution in [3.63, 3.8) is 0 Å². The molecule has 0 aromatic heterocycles. The predicted octanol–water partition coefficient (Wildman–Crippen LogP) is 3.02. The van der Waals surface area contributed by atoms with Crippen molar-refractivity contribution in [2.75, 3.05) is 7.05 Å². The molecule has 0 aliphatic heterocycles. The van der Waals surface area contributed by atoms with Gasteiger partial charge in [-0.2, -0.15) is 0 Å². The molecule has 3 heteroatoms. The Morgan fingerprint density at radius 2 is 2.22 bits per heavy atom. The molecule has 1 aliphatic rings. The predicted molar refractivity (Wildman–Crippen MR) is 69.7 cm³/mol. The van der Waals surface area contributed by atoms with Crippen molar-refractivity contribution in [2.45, 2.75) is 38.6 Å². The van der Waals surface area contributed by atoms with Crippen LogP contribution < -0.4 is 0 Å². The van der Waals surface area contributed by atoms with E-state index in [-0.39, 0.29) is 11.7 Å². The molecule has 1 atom stereocenters. The summed E-state index contributed by atoms with van der Waals surface area (Å²) in [6, 6.07) is 6.81. The molecule has 18 heavy (non-hydrogen) atoms. The normalized spacial score (nSPS) is 16.4. The summed E-state index contributed by atoms with van der Waals surface area (Å²) in [5, 5.41) is 0. The van der Waals surface area contributed by atoms with Gasteiger partial charge in [-0.1, -0.05) is 12.1 Å². The highest BCUT2D eigenvalue weighted by molar-refractivity contribution is 5.76. The van der Waals surface area contributed by atoms with Gasteiger partial charge < -0.3 is 4.90 Å². The van der Waals surface area contributed by atoms with E-state index < -0.39 is 0 Å². The number of aryl methyl sites for hydroxylation is 1. The molecule has 2 nitrogen and oxygen atoms in total. The highest BCUT2D eigenvalue weighted by Crippen LogP contribution is 2.34. The summed E-state index contributed by atoms with van der Waals surface area (Å²) in [6.07, 6.45) is 3.54. The Balaban J connectivity index is 1.84. The number of halogens is 1. The molecule has 0 spiro atoms. The van der Waals surface area contributed by atoms with Crippen LogP contribution in [-0.4, -0.2) is 23.9 Å². The van der Waals surface area contributed by atoms with Gasteiger partial charge in [-0.05, 0) is 49.8 Å². The van der Waals surface area contributed by atoms with E-state index >= 15 is 0 Å². The molecule has 0 N–H and O–H groups in total. The van der Waals surface area contributed by atoms with E-state index in [0.29, 0.717) is 24.8 Å². The lowest BCUT2D eigenvalue weighted by molar-refractivity contribution is -0.132. The Bertz CT molecular complexity index is 428. The number of hydrogen-bond acceptors (Lipinski definition) is 1. The van der Waals surface area contributed by atoms with Gasteiger partial charge in [0.25, 0.3) is 0 Å². The van der Waals surface area contributed by atoms with Gasteiger partial charge in [0.15, 0.2) is 0 Å². The van der Waals surface area contributed by atoms with Crippen molar-refractivity contribution in [2.24, 2.45) is 5.92 Å². The largest absolute Gasteiger partial charge is 0.343 e. The quantitative estimate of drug-likeness (QED) is 0.785. The van der Waals surface area contributed by atoms with Crippen LogP contribution in [0.1, 0.15) is 31.7 Å². The van der Waals surface area contributed by atoms with E-state index in [1.54, 1.807) is 6.07 Å². The standard InChI is InChI=1S/C15H20FNO/c1-11(13-7-8-13)17(2)15(18)9-6-12-4-3-5-14(16)10-12/h3-5,10-11,13H,6-9H2,1-2H3/t11-/m1/s1. The smallest absolute Gasteiger partial charge is 0.222 e. The molecule has 1 aliphatic carbocycles. The molecule has 1 fully saturated rings. The van der Waals surface area contributed by atoms with E-state index in [1.807, 2.05) is 18.0 Å². The van der Waals surface area contributed by atoms with Gasteiger partial charge in [0, 0.05) is 19.5 Å². The van der Waals surface area contributed by atoms with Crippen molar-refractivity contribution in [1.29, 1.82) is 0 Å². The maximum absolute atomic E-state index is 13.0. The van der Waals surface area contributed by atoms with E-state index in [4.69, 9.17) is 0 Å². The van der Waals surface area contributed by atoms with E-state index in [2.05, 4.69) is 6.92 Å². The van der Waals surface area contributed by atoms with Crippen molar-refractivity contribution in [1.82, 2.24) is 4.90 Å². The first-order chi connectivity index (χ1) is 8.58. The summed E-state index contributed by atoms with van der Waals surface area (Å²) < 4.78 is 13.0. The summed E-state index contributed by atoms with van der Waals surface area (Å²) in [7, 11) is 1.87. The SMILES string of the molecule is C[C@H](C1CC1)N(C)C(=O)CCc1cccc(F)c1. The Kier molecular flexibility index (Phi) is 4.00. The maximum atomic E-state index is 13.0. The first-order valence-corrected chi connectivity index (χ1v) is 6.58. The molecule has 2 rings (SSSR count). The fraction of sp³-hybridized carbons (Fsp3) is 0.533. The first-order valence-electron chi connectivity index (χ1n) is 6.58. The number of hydrogen-bond donors (Lipinski definition) is 0. The second-order valence-electron chi connectivity index (χ2n) is 5.21. The number of carbonyl (C=O) groups is 1. The zero-order valence-electron chi connectivity index (χ0n) is 11.0. The number of rotatable bonds is 5. The lowest BCUT2D eigenvalue weighted by atomic mass is 10.1. The maximum Gasteiger partial charge on any atom is 0.222 e. The number of benzene rings is 1. The van der Waals surface area contributed by atoms with E-state index in [0.717, 1.165) is 5.56 Å². The monoisotopic (exact) mass is 249 g/mol. The van der Waals surface area contributed by atoms with Crippen LogP contribution in [-0.2, 0) is 11.2 Å². The van der Waals surface area contributed by atoms with Gasteiger partial charge in [0.2, 0.25) is 5.91 Å². The van der Waals surface area contributed by atoms with Gasteiger partial charge in [-0.3, -0.25) is 4.79 Å². The molecule has 0 bridgehead atoms. The highest BCUT2D eigenvalue weighted by atomic mass is 19.1. The summed E-state index contributed by atoms with van der Waals surface area (Å²) >= 11 is 0. The van der Waals surface area contributed by atoms with Crippen LogP contribution in [0.4, 0.5) is 4.39 Å². The molecule has 0 saturated heterocycles. The number of carbonyl (C=O) groups excluding carboxylic acids is 1. The third kappa shape index (κ3) is 3.31. The lowest BCUT2D eigenvalue weighted by Gasteiger charge is -2.24. The third-order valence-corrected chi connectivity index (χ3v) is 3.83. The zero-order valence-corrected chi connectivity index (χ0v) is 11.0. The third-order valence-electron chi connectivity index (χ3n) is 3.83. The van der Waals surface area contributed by atoms with Gasteiger partial charge >= 0.3 is 0 Å². The first kappa shape index (κ1) is 13.1. The van der Waals surface area contributed by atoms with Crippen LogP contribution >= 0.6 is 0 Å². The van der Waals surface area contributed by atoms with Gasteiger partial charge in [-0.15, -0.1) is 0 Å². The van der Waals surface area contributed by atoms with Crippen LogP contribution in [0, 0.1) is 11.7 Å². The molecule has 1 saturated carbocycles. The Hall–Kier alpha value is -1.38. The summed E-state index contributed by atoms with van der Waals surface area (Å²) in [5.41, 5.74) is 0.885. The fourth-order valence-electron chi connectivity index (χ4n) is 2.24. The Morgan fingerprint density at radius 1 is 1.50 bits per heavy atom. The number of amides is 1. The average Bonchev–Trinajstić information content (AvgIpc) is 3.18. The van der Waals surface area contributed by atoms with E-state index in [9.17, 15) is 9.18 Å². The second kappa shape index (κ2) is 5.51. The second-order valence-corrected chi connectivity index (χ2v) is 5.21. The van der Waals surface area contributed by atoms with Gasteiger partial charge in [0.05, 0.1) is 0 Å². The summed E-state index contributed by atoms with van der Waals surface area (Å²) in [5.74, 6) is 0.603. The molecule has 1 amide bonds.